The van der Waals surface area contributed by atoms with Gasteiger partial charge in [0.05, 0.1) is 11.5 Å². The van der Waals surface area contributed by atoms with Crippen molar-refractivity contribution in [1.82, 2.24) is 14.9 Å². The third-order valence-corrected chi connectivity index (χ3v) is 6.04. The number of hydrogen-bond donors (Lipinski definition) is 1. The van der Waals surface area contributed by atoms with Gasteiger partial charge in [-0.1, -0.05) is 42.9 Å². The molecule has 0 bridgehead atoms. The Balaban J connectivity index is 1.62. The highest BCUT2D eigenvalue weighted by molar-refractivity contribution is 7.16. The SMILES string of the molecule is CCN(CC)CCCOc1ncc(-c2ccc(Cl)c(CC(=O)c3coc(N)n3)c2)s1. The lowest BCUT2D eigenvalue weighted by molar-refractivity contribution is 0.0988. The van der Waals surface area contributed by atoms with E-state index in [0.717, 1.165) is 36.5 Å². The van der Waals surface area contributed by atoms with Gasteiger partial charge in [-0.15, -0.1) is 0 Å². The number of benzene rings is 1. The van der Waals surface area contributed by atoms with Crippen LogP contribution in [0.4, 0.5) is 6.01 Å². The second-order valence-corrected chi connectivity index (χ2v) is 8.10. The van der Waals surface area contributed by atoms with Gasteiger partial charge in [0.1, 0.15) is 12.0 Å². The molecule has 0 fully saturated rings. The second-order valence-electron chi connectivity index (χ2n) is 6.70. The summed E-state index contributed by atoms with van der Waals surface area (Å²) in [7, 11) is 0. The van der Waals surface area contributed by atoms with E-state index in [4.69, 9.17) is 26.5 Å². The lowest BCUT2D eigenvalue weighted by Crippen LogP contribution is -2.25. The molecule has 3 aromatic rings. The number of halogens is 1. The summed E-state index contributed by atoms with van der Waals surface area (Å²) in [5.41, 5.74) is 7.26. The van der Waals surface area contributed by atoms with Crippen molar-refractivity contribution in [3.8, 4) is 15.6 Å². The number of Topliss-reactive ketones (excluding diaryl/α,β-unsaturated/α-hetero) is 1. The van der Waals surface area contributed by atoms with Gasteiger partial charge in [-0.3, -0.25) is 4.79 Å². The molecule has 0 radical (unpaired) electrons. The van der Waals surface area contributed by atoms with Gasteiger partial charge in [0.2, 0.25) is 0 Å². The molecule has 2 aromatic heterocycles. The van der Waals surface area contributed by atoms with Crippen LogP contribution in [-0.4, -0.2) is 46.9 Å². The maximum absolute atomic E-state index is 12.4. The highest BCUT2D eigenvalue weighted by Gasteiger charge is 2.15. The van der Waals surface area contributed by atoms with Crippen LogP contribution in [0.5, 0.6) is 5.19 Å². The Hall–Kier alpha value is -2.42. The van der Waals surface area contributed by atoms with Crippen LogP contribution in [0.1, 0.15) is 36.3 Å². The van der Waals surface area contributed by atoms with E-state index in [0.29, 0.717) is 22.4 Å². The molecule has 0 saturated carbocycles. The van der Waals surface area contributed by atoms with Gasteiger partial charge in [-0.25, -0.2) is 4.98 Å². The van der Waals surface area contributed by atoms with E-state index in [9.17, 15) is 4.79 Å². The number of ether oxygens (including phenoxy) is 1. The number of ketones is 1. The molecule has 0 aliphatic rings. The average molecular weight is 449 g/mol. The lowest BCUT2D eigenvalue weighted by Gasteiger charge is -2.17. The Morgan fingerprint density at radius 2 is 2.13 bits per heavy atom. The molecule has 0 atom stereocenters. The van der Waals surface area contributed by atoms with Gasteiger partial charge in [0, 0.05) is 24.2 Å². The Morgan fingerprint density at radius 3 is 2.83 bits per heavy atom. The summed E-state index contributed by atoms with van der Waals surface area (Å²) in [4.78, 5) is 23.9. The van der Waals surface area contributed by atoms with E-state index in [1.54, 1.807) is 12.3 Å². The van der Waals surface area contributed by atoms with Crippen molar-refractivity contribution < 1.29 is 13.9 Å². The first-order valence-electron chi connectivity index (χ1n) is 9.84. The number of oxazole rings is 1. The van der Waals surface area contributed by atoms with Gasteiger partial charge < -0.3 is 19.8 Å². The molecular weight excluding hydrogens is 424 g/mol. The number of thiazole rings is 1. The van der Waals surface area contributed by atoms with Crippen LogP contribution in [0.25, 0.3) is 10.4 Å². The number of nitrogen functional groups attached to an aromatic ring is 1. The lowest BCUT2D eigenvalue weighted by atomic mass is 10.0. The van der Waals surface area contributed by atoms with Crippen LogP contribution in [-0.2, 0) is 6.42 Å². The predicted molar refractivity (Wildman–Crippen MR) is 119 cm³/mol. The minimum Gasteiger partial charge on any atom is -0.470 e. The molecule has 0 aliphatic carbocycles. The first-order chi connectivity index (χ1) is 14.5. The molecule has 2 N–H and O–H groups in total. The number of carbonyl (C=O) groups is 1. The van der Waals surface area contributed by atoms with Crippen molar-refractivity contribution in [2.45, 2.75) is 26.7 Å². The third kappa shape index (κ3) is 5.81. The van der Waals surface area contributed by atoms with Crippen molar-refractivity contribution in [2.75, 3.05) is 32.0 Å². The van der Waals surface area contributed by atoms with Crippen LogP contribution in [0, 0.1) is 0 Å². The zero-order valence-corrected chi connectivity index (χ0v) is 18.6. The molecule has 0 amide bonds. The molecular formula is C21H25ClN4O3S. The predicted octanol–water partition coefficient (Wildman–Crippen LogP) is 4.57. The summed E-state index contributed by atoms with van der Waals surface area (Å²) >= 11 is 7.77. The summed E-state index contributed by atoms with van der Waals surface area (Å²) in [5, 5.41) is 1.15. The van der Waals surface area contributed by atoms with Gasteiger partial charge in [-0.05, 0) is 42.8 Å². The molecule has 2 heterocycles. The van der Waals surface area contributed by atoms with Gasteiger partial charge in [0.15, 0.2) is 5.78 Å². The van der Waals surface area contributed by atoms with E-state index in [1.165, 1.54) is 17.6 Å². The summed E-state index contributed by atoms with van der Waals surface area (Å²) in [6, 6.07) is 5.54. The standard InChI is InChI=1S/C21H25ClN4O3S/c1-3-26(4-2)8-5-9-28-21-24-12-19(30-21)14-6-7-16(22)15(10-14)11-18(27)17-13-29-20(23)25-17/h6-7,10,12-13H,3-5,8-9,11H2,1-2H3,(H2,23,25). The molecule has 30 heavy (non-hydrogen) atoms. The van der Waals surface area contributed by atoms with Crippen molar-refractivity contribution in [2.24, 2.45) is 0 Å². The Kier molecular flexibility index (Phi) is 7.84. The average Bonchev–Trinajstić information content (AvgIpc) is 3.39. The molecule has 0 spiro atoms. The fourth-order valence-electron chi connectivity index (χ4n) is 2.99. The Bertz CT molecular complexity index is 984. The molecule has 1 aromatic carbocycles. The van der Waals surface area contributed by atoms with E-state index in [1.807, 2.05) is 12.1 Å². The minimum atomic E-state index is -0.212. The van der Waals surface area contributed by atoms with Crippen molar-refractivity contribution in [1.29, 1.82) is 0 Å². The summed E-state index contributed by atoms with van der Waals surface area (Å²) in [6.45, 7) is 8.05. The minimum absolute atomic E-state index is 0.0347. The zero-order valence-electron chi connectivity index (χ0n) is 17.1. The monoisotopic (exact) mass is 448 g/mol. The molecule has 0 unspecified atom stereocenters. The normalized spacial score (nSPS) is 11.2. The Labute approximate surface area is 184 Å². The highest BCUT2D eigenvalue weighted by atomic mass is 35.5. The quantitative estimate of drug-likeness (QED) is 0.339. The number of aromatic nitrogens is 2. The number of anilines is 1. The summed E-state index contributed by atoms with van der Waals surface area (Å²) in [5.74, 6) is -0.212. The van der Waals surface area contributed by atoms with Gasteiger partial charge in [-0.2, -0.15) is 4.98 Å². The molecule has 7 nitrogen and oxygen atoms in total. The van der Waals surface area contributed by atoms with Gasteiger partial charge >= 0.3 is 0 Å². The topological polar surface area (TPSA) is 94.5 Å². The van der Waals surface area contributed by atoms with Crippen molar-refractivity contribution >= 4 is 34.7 Å². The van der Waals surface area contributed by atoms with Crippen LogP contribution in [0.2, 0.25) is 5.02 Å². The number of carbonyl (C=O) groups excluding carboxylic acids is 1. The maximum Gasteiger partial charge on any atom is 0.292 e. The van der Waals surface area contributed by atoms with Crippen LogP contribution < -0.4 is 10.5 Å². The fraction of sp³-hybridized carbons (Fsp3) is 0.381. The van der Waals surface area contributed by atoms with E-state index < -0.39 is 0 Å². The molecule has 3 rings (SSSR count). The largest absolute Gasteiger partial charge is 0.470 e. The first-order valence-corrected chi connectivity index (χ1v) is 11.0. The van der Waals surface area contributed by atoms with Crippen molar-refractivity contribution in [3.05, 3.63) is 46.9 Å². The van der Waals surface area contributed by atoms with E-state index in [-0.39, 0.29) is 23.9 Å². The fourth-order valence-corrected chi connectivity index (χ4v) is 3.96. The van der Waals surface area contributed by atoms with Crippen molar-refractivity contribution in [3.63, 3.8) is 0 Å². The number of rotatable bonds is 11. The highest BCUT2D eigenvalue weighted by Crippen LogP contribution is 2.33. The molecule has 160 valence electrons. The summed E-state index contributed by atoms with van der Waals surface area (Å²) < 4.78 is 10.7. The van der Waals surface area contributed by atoms with Gasteiger partial charge in [0.25, 0.3) is 11.2 Å². The van der Waals surface area contributed by atoms with E-state index in [2.05, 4.69) is 28.7 Å². The smallest absolute Gasteiger partial charge is 0.292 e. The Morgan fingerprint density at radius 1 is 1.33 bits per heavy atom. The number of nitrogens with two attached hydrogens (primary N) is 1. The van der Waals surface area contributed by atoms with Crippen LogP contribution in [0.3, 0.4) is 0 Å². The molecule has 0 aliphatic heterocycles. The van der Waals surface area contributed by atoms with Crippen LogP contribution in [0.15, 0.2) is 35.1 Å². The zero-order chi connectivity index (χ0) is 21.5. The first kappa shape index (κ1) is 22.3. The molecule has 9 heteroatoms. The summed E-state index contributed by atoms with van der Waals surface area (Å²) in [6.07, 6.45) is 4.09. The van der Waals surface area contributed by atoms with E-state index >= 15 is 0 Å². The number of nitrogens with zero attached hydrogens (tertiary/aromatic N) is 3. The second kappa shape index (κ2) is 10.6. The third-order valence-electron chi connectivity index (χ3n) is 4.71. The number of hydrogen-bond acceptors (Lipinski definition) is 8. The molecule has 0 saturated heterocycles. The maximum atomic E-state index is 12.4. The van der Waals surface area contributed by atoms with Crippen LogP contribution >= 0.6 is 22.9 Å².